The van der Waals surface area contributed by atoms with Crippen LogP contribution in [0.1, 0.15) is 51.2 Å². The van der Waals surface area contributed by atoms with Crippen LogP contribution in [0.25, 0.3) is 0 Å². The summed E-state index contributed by atoms with van der Waals surface area (Å²) in [5, 5.41) is 7.47. The molecule has 1 saturated carbocycles. The van der Waals surface area contributed by atoms with Gasteiger partial charge in [0.1, 0.15) is 0 Å². The van der Waals surface area contributed by atoms with Crippen LogP contribution in [0.5, 0.6) is 0 Å². The lowest BCUT2D eigenvalue weighted by Gasteiger charge is -2.47. The summed E-state index contributed by atoms with van der Waals surface area (Å²) in [5.74, 6) is 0. The fourth-order valence-corrected chi connectivity index (χ4v) is 5.09. The zero-order valence-electron chi connectivity index (χ0n) is 17.6. The largest absolute Gasteiger partial charge is 0.399 e. The van der Waals surface area contributed by atoms with E-state index >= 15 is 0 Å². The molecule has 2 unspecified atom stereocenters. The standard InChI is InChI=1S/C24H36N4/c1-23(2)12-22(28-15-19-7-5-9-21(26)11-19)13-24(3,16-23)17-27-14-18-6-4-8-20(25)10-18/h4-11,22,27-28H,12-17,25-26H2,1-3H3. The van der Waals surface area contributed by atoms with Gasteiger partial charge in [0.25, 0.3) is 0 Å². The number of nitrogens with two attached hydrogens (primary N) is 2. The van der Waals surface area contributed by atoms with E-state index in [4.69, 9.17) is 11.5 Å². The number of nitrogens with one attached hydrogen (secondary N) is 2. The van der Waals surface area contributed by atoms with Crippen LogP contribution < -0.4 is 22.1 Å². The van der Waals surface area contributed by atoms with E-state index in [1.165, 1.54) is 30.4 Å². The summed E-state index contributed by atoms with van der Waals surface area (Å²) >= 11 is 0. The molecular weight excluding hydrogens is 344 g/mol. The maximum absolute atomic E-state index is 5.92. The number of hydrogen-bond acceptors (Lipinski definition) is 4. The third-order valence-corrected chi connectivity index (χ3v) is 5.82. The molecule has 2 aromatic rings. The zero-order valence-corrected chi connectivity index (χ0v) is 17.6. The van der Waals surface area contributed by atoms with Gasteiger partial charge in [0, 0.05) is 37.1 Å². The highest BCUT2D eigenvalue weighted by molar-refractivity contribution is 5.41. The first-order valence-electron chi connectivity index (χ1n) is 10.4. The minimum absolute atomic E-state index is 0.273. The van der Waals surface area contributed by atoms with Crippen molar-refractivity contribution in [1.82, 2.24) is 10.6 Å². The fraction of sp³-hybridized carbons (Fsp3) is 0.500. The molecule has 1 aliphatic rings. The highest BCUT2D eigenvalue weighted by Crippen LogP contribution is 2.45. The van der Waals surface area contributed by atoms with E-state index in [0.717, 1.165) is 31.0 Å². The SMILES string of the molecule is CC1(C)CC(NCc2cccc(N)c2)CC(C)(CNCc2cccc(N)c2)C1. The van der Waals surface area contributed by atoms with Gasteiger partial charge >= 0.3 is 0 Å². The molecule has 6 N–H and O–H groups in total. The third kappa shape index (κ3) is 5.98. The molecule has 4 nitrogen and oxygen atoms in total. The maximum Gasteiger partial charge on any atom is 0.0317 e. The van der Waals surface area contributed by atoms with Crippen molar-refractivity contribution in [1.29, 1.82) is 0 Å². The number of hydrogen-bond donors (Lipinski definition) is 4. The minimum Gasteiger partial charge on any atom is -0.399 e. The van der Waals surface area contributed by atoms with Gasteiger partial charge in [0.2, 0.25) is 0 Å². The zero-order chi connectivity index (χ0) is 20.2. The lowest BCUT2D eigenvalue weighted by molar-refractivity contribution is 0.0694. The van der Waals surface area contributed by atoms with Gasteiger partial charge in [-0.1, -0.05) is 45.0 Å². The molecule has 0 spiro atoms. The van der Waals surface area contributed by atoms with E-state index in [-0.39, 0.29) is 5.41 Å². The fourth-order valence-electron chi connectivity index (χ4n) is 5.09. The number of benzene rings is 2. The van der Waals surface area contributed by atoms with Crippen LogP contribution in [0.15, 0.2) is 48.5 Å². The molecule has 1 fully saturated rings. The van der Waals surface area contributed by atoms with Crippen LogP contribution in [0.4, 0.5) is 11.4 Å². The molecule has 28 heavy (non-hydrogen) atoms. The summed E-state index contributed by atoms with van der Waals surface area (Å²) < 4.78 is 0. The Bertz CT molecular complexity index is 786. The average Bonchev–Trinajstić information content (AvgIpc) is 2.58. The molecule has 0 amide bonds. The molecule has 152 valence electrons. The summed E-state index contributed by atoms with van der Waals surface area (Å²) in [6.45, 7) is 9.98. The van der Waals surface area contributed by atoms with Crippen molar-refractivity contribution in [2.24, 2.45) is 10.8 Å². The molecule has 2 atom stereocenters. The minimum atomic E-state index is 0.273. The van der Waals surface area contributed by atoms with Gasteiger partial charge < -0.3 is 22.1 Å². The third-order valence-electron chi connectivity index (χ3n) is 5.82. The van der Waals surface area contributed by atoms with Gasteiger partial charge in [-0.2, -0.15) is 0 Å². The number of nitrogen functional groups attached to an aromatic ring is 2. The van der Waals surface area contributed by atoms with E-state index in [1.54, 1.807) is 0 Å². The van der Waals surface area contributed by atoms with E-state index in [2.05, 4.69) is 55.7 Å². The van der Waals surface area contributed by atoms with Crippen LogP contribution >= 0.6 is 0 Å². The quantitative estimate of drug-likeness (QED) is 0.540. The highest BCUT2D eigenvalue weighted by atomic mass is 14.9. The molecule has 0 heterocycles. The van der Waals surface area contributed by atoms with E-state index in [0.29, 0.717) is 11.5 Å². The highest BCUT2D eigenvalue weighted by Gasteiger charge is 2.40. The van der Waals surface area contributed by atoms with Gasteiger partial charge in [-0.05, 0) is 65.5 Å². The first kappa shape index (κ1) is 20.7. The predicted octanol–water partition coefficient (Wildman–Crippen LogP) is 4.32. The summed E-state index contributed by atoms with van der Waals surface area (Å²) in [6.07, 6.45) is 3.63. The van der Waals surface area contributed by atoms with Gasteiger partial charge in [-0.25, -0.2) is 0 Å². The average molecular weight is 381 g/mol. The molecule has 4 heteroatoms. The van der Waals surface area contributed by atoms with Crippen molar-refractivity contribution in [3.8, 4) is 0 Å². The molecule has 0 radical (unpaired) electrons. The summed E-state index contributed by atoms with van der Waals surface area (Å²) in [7, 11) is 0. The van der Waals surface area contributed by atoms with Crippen molar-refractivity contribution in [2.75, 3.05) is 18.0 Å². The summed E-state index contributed by atoms with van der Waals surface area (Å²) in [6, 6.07) is 16.8. The molecule has 0 aliphatic heterocycles. The molecule has 0 saturated heterocycles. The van der Waals surface area contributed by atoms with Crippen molar-refractivity contribution < 1.29 is 0 Å². The van der Waals surface area contributed by atoms with Gasteiger partial charge in [0.15, 0.2) is 0 Å². The van der Waals surface area contributed by atoms with Crippen molar-refractivity contribution >= 4 is 11.4 Å². The van der Waals surface area contributed by atoms with Crippen LogP contribution in [-0.4, -0.2) is 12.6 Å². The van der Waals surface area contributed by atoms with Gasteiger partial charge in [-0.15, -0.1) is 0 Å². The van der Waals surface area contributed by atoms with Gasteiger partial charge in [-0.3, -0.25) is 0 Å². The Kier molecular flexibility index (Phi) is 6.31. The molecule has 3 rings (SSSR count). The van der Waals surface area contributed by atoms with E-state index in [9.17, 15) is 0 Å². The van der Waals surface area contributed by atoms with E-state index < -0.39 is 0 Å². The molecule has 0 aromatic heterocycles. The van der Waals surface area contributed by atoms with Crippen molar-refractivity contribution in [2.45, 2.75) is 59.2 Å². The Morgan fingerprint density at radius 3 is 2.11 bits per heavy atom. The molecule has 1 aliphatic carbocycles. The molecule has 2 aromatic carbocycles. The first-order chi connectivity index (χ1) is 13.2. The predicted molar refractivity (Wildman–Crippen MR) is 120 cm³/mol. The molecule has 0 bridgehead atoms. The van der Waals surface area contributed by atoms with Crippen molar-refractivity contribution in [3.05, 3.63) is 59.7 Å². The van der Waals surface area contributed by atoms with E-state index in [1.807, 2.05) is 24.3 Å². The Morgan fingerprint density at radius 2 is 1.50 bits per heavy atom. The summed E-state index contributed by atoms with van der Waals surface area (Å²) in [5.41, 5.74) is 16.6. The van der Waals surface area contributed by atoms with Crippen LogP contribution in [-0.2, 0) is 13.1 Å². The maximum atomic E-state index is 5.92. The number of anilines is 2. The Hall–Kier alpha value is -2.04. The second kappa shape index (κ2) is 8.54. The lowest BCUT2D eigenvalue weighted by atomic mass is 9.62. The molecular formula is C24H36N4. The Morgan fingerprint density at radius 1 is 0.893 bits per heavy atom. The van der Waals surface area contributed by atoms with Crippen LogP contribution in [0.3, 0.4) is 0 Å². The smallest absolute Gasteiger partial charge is 0.0317 e. The Labute approximate surface area is 170 Å². The van der Waals surface area contributed by atoms with Gasteiger partial charge in [0.05, 0.1) is 0 Å². The normalized spacial score (nSPS) is 24.2. The second-order valence-corrected chi connectivity index (χ2v) is 9.73. The van der Waals surface area contributed by atoms with Crippen LogP contribution in [0.2, 0.25) is 0 Å². The van der Waals surface area contributed by atoms with Crippen LogP contribution in [0, 0.1) is 10.8 Å². The summed E-state index contributed by atoms with van der Waals surface area (Å²) in [4.78, 5) is 0. The topological polar surface area (TPSA) is 76.1 Å². The second-order valence-electron chi connectivity index (χ2n) is 9.73. The monoisotopic (exact) mass is 380 g/mol. The lowest BCUT2D eigenvalue weighted by Crippen LogP contribution is -2.48. The number of rotatable bonds is 7. The van der Waals surface area contributed by atoms with Crippen molar-refractivity contribution in [3.63, 3.8) is 0 Å². The first-order valence-corrected chi connectivity index (χ1v) is 10.4. The Balaban J connectivity index is 1.57.